The van der Waals surface area contributed by atoms with E-state index < -0.39 is 5.95 Å². The first kappa shape index (κ1) is 24.3. The van der Waals surface area contributed by atoms with Crippen molar-refractivity contribution in [3.05, 3.63) is 69.7 Å². The van der Waals surface area contributed by atoms with Crippen molar-refractivity contribution in [2.24, 2.45) is 0 Å². The predicted molar refractivity (Wildman–Crippen MR) is 130 cm³/mol. The Hall–Kier alpha value is -2.84. The number of hydrogen-bond donors (Lipinski definition) is 0. The fourth-order valence-electron chi connectivity index (χ4n) is 4.09. The average Bonchev–Trinajstić information content (AvgIpc) is 3.05. The van der Waals surface area contributed by atoms with Crippen LogP contribution in [0.5, 0.6) is 0 Å². The van der Waals surface area contributed by atoms with Crippen molar-refractivity contribution in [2.75, 3.05) is 33.3 Å². The molecule has 2 aromatic rings. The van der Waals surface area contributed by atoms with Gasteiger partial charge in [-0.3, -0.25) is 9.48 Å². The van der Waals surface area contributed by atoms with E-state index in [1.807, 2.05) is 17.1 Å². The number of aromatic nitrogens is 3. The number of pyridine rings is 1. The number of methoxy groups -OCH3 is 1. The number of carbonyl (C=O) groups excluding carboxylic acids is 1. The zero-order valence-corrected chi connectivity index (χ0v) is 20.6. The molecule has 2 aliphatic rings. The SMILES string of the molecule is COC1=CC(N2CCCN(C(=O)Cn3nc(-c4cccnc4F)c(Cl)c3C)CC2)=CCC=C1Cl. The highest BCUT2D eigenvalue weighted by atomic mass is 35.5. The summed E-state index contributed by atoms with van der Waals surface area (Å²) in [7, 11) is 1.60. The van der Waals surface area contributed by atoms with Crippen molar-refractivity contribution in [1.82, 2.24) is 24.6 Å². The van der Waals surface area contributed by atoms with Crippen LogP contribution in [0.3, 0.4) is 0 Å². The molecule has 2 aromatic heterocycles. The maximum Gasteiger partial charge on any atom is 0.244 e. The minimum atomic E-state index is -0.650. The van der Waals surface area contributed by atoms with Gasteiger partial charge in [-0.25, -0.2) is 4.98 Å². The summed E-state index contributed by atoms with van der Waals surface area (Å²) in [5.41, 5.74) is 2.14. The van der Waals surface area contributed by atoms with Crippen LogP contribution < -0.4 is 0 Å². The first-order valence-electron chi connectivity index (χ1n) is 11.1. The molecule has 0 spiro atoms. The first-order valence-corrected chi connectivity index (χ1v) is 11.8. The maximum atomic E-state index is 14.2. The lowest BCUT2D eigenvalue weighted by molar-refractivity contribution is -0.131. The summed E-state index contributed by atoms with van der Waals surface area (Å²) in [5, 5.41) is 5.33. The molecular formula is C24H26Cl2FN5O2. The van der Waals surface area contributed by atoms with Gasteiger partial charge in [-0.05, 0) is 31.9 Å². The molecule has 0 radical (unpaired) electrons. The summed E-state index contributed by atoms with van der Waals surface area (Å²) >= 11 is 12.7. The first-order chi connectivity index (χ1) is 16.4. The van der Waals surface area contributed by atoms with Crippen LogP contribution in [-0.4, -0.2) is 63.8 Å². The lowest BCUT2D eigenvalue weighted by atomic mass is 10.2. The second-order valence-electron chi connectivity index (χ2n) is 8.10. The van der Waals surface area contributed by atoms with Gasteiger partial charge >= 0.3 is 0 Å². The van der Waals surface area contributed by atoms with Crippen LogP contribution in [0.1, 0.15) is 18.5 Å². The van der Waals surface area contributed by atoms with E-state index in [2.05, 4.69) is 21.1 Å². The molecule has 1 fully saturated rings. The van der Waals surface area contributed by atoms with Gasteiger partial charge in [0, 0.05) is 44.1 Å². The standard InChI is InChI=1S/C24H26Cl2FN5O2/c1-16-22(26)23(18-7-4-9-28-24(18)27)29-32(16)15-21(33)31-11-5-10-30(12-13-31)17-6-3-8-19(25)20(14-17)34-2/h4,6-9,14H,3,5,10-13,15H2,1-2H3. The molecule has 1 aliphatic carbocycles. The van der Waals surface area contributed by atoms with Gasteiger partial charge in [0.25, 0.3) is 0 Å². The summed E-state index contributed by atoms with van der Waals surface area (Å²) in [6, 6.07) is 3.19. The minimum Gasteiger partial charge on any atom is -0.495 e. The Morgan fingerprint density at radius 1 is 1.21 bits per heavy atom. The highest BCUT2D eigenvalue weighted by Crippen LogP contribution is 2.31. The molecule has 0 N–H and O–H groups in total. The molecule has 1 aliphatic heterocycles. The van der Waals surface area contributed by atoms with Crippen LogP contribution in [0, 0.1) is 12.9 Å². The van der Waals surface area contributed by atoms with E-state index in [-0.39, 0.29) is 23.7 Å². The Morgan fingerprint density at radius 2 is 2.03 bits per heavy atom. The summed E-state index contributed by atoms with van der Waals surface area (Å²) in [6.07, 6.45) is 8.88. The van der Waals surface area contributed by atoms with Crippen molar-refractivity contribution in [3.8, 4) is 11.3 Å². The fraction of sp³-hybridized carbons (Fsp3) is 0.375. The van der Waals surface area contributed by atoms with Gasteiger partial charge in [0.15, 0.2) is 0 Å². The van der Waals surface area contributed by atoms with Crippen molar-refractivity contribution >= 4 is 29.1 Å². The molecule has 0 unspecified atom stereocenters. The minimum absolute atomic E-state index is 0.0311. The molecule has 1 amide bonds. The van der Waals surface area contributed by atoms with Crippen LogP contribution in [-0.2, 0) is 16.1 Å². The van der Waals surface area contributed by atoms with Crippen molar-refractivity contribution in [2.45, 2.75) is 26.3 Å². The van der Waals surface area contributed by atoms with Gasteiger partial charge in [0.05, 0.1) is 28.4 Å². The molecule has 180 valence electrons. The van der Waals surface area contributed by atoms with Crippen LogP contribution in [0.25, 0.3) is 11.3 Å². The maximum absolute atomic E-state index is 14.2. The molecule has 3 heterocycles. The highest BCUT2D eigenvalue weighted by molar-refractivity contribution is 6.33. The third-order valence-corrected chi connectivity index (χ3v) is 6.80. The number of rotatable bonds is 5. The summed E-state index contributed by atoms with van der Waals surface area (Å²) < 4.78 is 21.1. The molecule has 0 bridgehead atoms. The lowest BCUT2D eigenvalue weighted by Gasteiger charge is -2.25. The summed E-state index contributed by atoms with van der Waals surface area (Å²) in [4.78, 5) is 20.9. The van der Waals surface area contributed by atoms with Crippen LogP contribution >= 0.6 is 23.2 Å². The number of ether oxygens (including phenoxy) is 1. The van der Waals surface area contributed by atoms with Crippen LogP contribution in [0.15, 0.2) is 53.0 Å². The van der Waals surface area contributed by atoms with Crippen LogP contribution in [0.2, 0.25) is 5.02 Å². The van der Waals surface area contributed by atoms with E-state index >= 15 is 0 Å². The Labute approximate surface area is 208 Å². The molecular weight excluding hydrogens is 480 g/mol. The highest BCUT2D eigenvalue weighted by Gasteiger charge is 2.24. The molecule has 10 heteroatoms. The smallest absolute Gasteiger partial charge is 0.244 e. The molecule has 0 atom stereocenters. The third kappa shape index (κ3) is 5.13. The van der Waals surface area contributed by atoms with E-state index in [0.717, 1.165) is 25.1 Å². The van der Waals surface area contributed by atoms with Gasteiger partial charge < -0.3 is 14.5 Å². The van der Waals surface area contributed by atoms with Gasteiger partial charge in [0.2, 0.25) is 11.9 Å². The number of carbonyl (C=O) groups is 1. The second kappa shape index (κ2) is 10.6. The van der Waals surface area contributed by atoms with E-state index in [0.29, 0.717) is 41.1 Å². The Morgan fingerprint density at radius 3 is 2.79 bits per heavy atom. The fourth-order valence-corrected chi connectivity index (χ4v) is 4.55. The van der Waals surface area contributed by atoms with Crippen molar-refractivity contribution in [3.63, 3.8) is 0 Å². The lowest BCUT2D eigenvalue weighted by Crippen LogP contribution is -2.37. The summed E-state index contributed by atoms with van der Waals surface area (Å²) in [6.45, 7) is 4.52. The quantitative estimate of drug-likeness (QED) is 0.559. The topological polar surface area (TPSA) is 63.5 Å². The zero-order chi connectivity index (χ0) is 24.2. The molecule has 1 saturated heterocycles. The van der Waals surface area contributed by atoms with Gasteiger partial charge in [-0.15, -0.1) is 0 Å². The number of nitrogens with zero attached hydrogens (tertiary/aromatic N) is 5. The van der Waals surface area contributed by atoms with Crippen LogP contribution in [0.4, 0.5) is 4.39 Å². The van der Waals surface area contributed by atoms with E-state index in [1.54, 1.807) is 26.2 Å². The van der Waals surface area contributed by atoms with Crippen molar-refractivity contribution in [1.29, 1.82) is 0 Å². The van der Waals surface area contributed by atoms with E-state index in [4.69, 9.17) is 27.9 Å². The molecule has 0 saturated carbocycles. The van der Waals surface area contributed by atoms with Gasteiger partial charge in [-0.1, -0.05) is 35.4 Å². The summed E-state index contributed by atoms with van der Waals surface area (Å²) in [5.74, 6) is -0.0764. The molecule has 0 aromatic carbocycles. The van der Waals surface area contributed by atoms with E-state index in [9.17, 15) is 9.18 Å². The zero-order valence-electron chi connectivity index (χ0n) is 19.1. The normalized spacial score (nSPS) is 16.9. The molecule has 7 nitrogen and oxygen atoms in total. The van der Waals surface area contributed by atoms with Crippen molar-refractivity contribution < 1.29 is 13.9 Å². The number of allylic oxidation sites excluding steroid dienone is 4. The Bertz CT molecular complexity index is 1170. The number of halogens is 3. The number of hydrogen-bond acceptors (Lipinski definition) is 5. The Balaban J connectivity index is 1.44. The monoisotopic (exact) mass is 505 g/mol. The average molecular weight is 506 g/mol. The third-order valence-electron chi connectivity index (χ3n) is 6.00. The molecule has 4 rings (SSSR count). The van der Waals surface area contributed by atoms with Gasteiger partial charge in [-0.2, -0.15) is 9.49 Å². The molecule has 34 heavy (non-hydrogen) atoms. The Kier molecular flexibility index (Phi) is 7.58. The van der Waals surface area contributed by atoms with E-state index in [1.165, 1.54) is 10.9 Å². The predicted octanol–water partition coefficient (Wildman–Crippen LogP) is 4.52. The second-order valence-corrected chi connectivity index (χ2v) is 8.88. The largest absolute Gasteiger partial charge is 0.495 e. The van der Waals surface area contributed by atoms with Gasteiger partial charge in [0.1, 0.15) is 18.0 Å². The number of amides is 1.